The Balaban J connectivity index is 3.23. The minimum Gasteiger partial charge on any atom is -0.322 e. The van der Waals surface area contributed by atoms with Crippen LogP contribution in [0.3, 0.4) is 0 Å². The van der Waals surface area contributed by atoms with E-state index in [0.29, 0.717) is 11.3 Å². The molecule has 0 aliphatic rings. The van der Waals surface area contributed by atoms with Gasteiger partial charge in [0.15, 0.2) is 6.29 Å². The summed E-state index contributed by atoms with van der Waals surface area (Å²) in [6.45, 7) is 0. The van der Waals surface area contributed by atoms with Gasteiger partial charge in [-0.05, 0) is 28.1 Å². The zero-order chi connectivity index (χ0) is 8.27. The predicted molar refractivity (Wildman–Crippen MR) is 47.3 cm³/mol. The molecule has 0 unspecified atom stereocenters. The molecule has 0 bridgehead atoms. The molecule has 0 amide bonds. The summed E-state index contributed by atoms with van der Waals surface area (Å²) in [5.41, 5.74) is 3.59. The summed E-state index contributed by atoms with van der Waals surface area (Å²) in [5.74, 6) is 5.19. The van der Waals surface area contributed by atoms with E-state index in [2.05, 4.69) is 21.4 Å². The molecule has 3 nitrogen and oxygen atoms in total. The minimum absolute atomic E-state index is 0.543. The third-order valence-electron chi connectivity index (χ3n) is 1.32. The largest absolute Gasteiger partial charge is 0.322 e. The smallest absolute Gasteiger partial charge is 0.152 e. The summed E-state index contributed by atoms with van der Waals surface area (Å²) in [4.78, 5) is 10.4. The Labute approximate surface area is 72.7 Å². The molecular formula is C7H7BrN2O. The average molecular weight is 215 g/mol. The zero-order valence-corrected chi connectivity index (χ0v) is 7.26. The molecule has 0 aliphatic heterocycles. The molecule has 0 heterocycles. The summed E-state index contributed by atoms with van der Waals surface area (Å²) in [5, 5.41) is 0. The van der Waals surface area contributed by atoms with E-state index in [1.54, 1.807) is 12.1 Å². The molecule has 1 rings (SSSR count). The number of anilines is 1. The lowest BCUT2D eigenvalue weighted by Crippen LogP contribution is -2.09. The molecule has 0 atom stereocenters. The Bertz CT molecular complexity index is 275. The molecule has 0 radical (unpaired) electrons. The van der Waals surface area contributed by atoms with Crippen LogP contribution in [0.5, 0.6) is 0 Å². The molecule has 0 saturated carbocycles. The summed E-state index contributed by atoms with van der Waals surface area (Å²) < 4.78 is 0.782. The predicted octanol–water partition coefficient (Wildman–Crippen LogP) is 1.55. The van der Waals surface area contributed by atoms with Crippen LogP contribution in [0.25, 0.3) is 0 Å². The fourth-order valence-electron chi connectivity index (χ4n) is 0.791. The van der Waals surface area contributed by atoms with Crippen LogP contribution in [0.1, 0.15) is 10.4 Å². The maximum Gasteiger partial charge on any atom is 0.152 e. The molecule has 0 spiro atoms. The number of hydrogen-bond donors (Lipinski definition) is 2. The molecule has 1 aromatic carbocycles. The molecule has 3 N–H and O–H groups in total. The van der Waals surface area contributed by atoms with Crippen molar-refractivity contribution >= 4 is 27.9 Å². The standard InChI is InChI=1S/C7H7BrN2O/c8-6-3-1-2-5(4-11)7(6)10-9/h1-4,10H,9H2. The second-order valence-corrected chi connectivity index (χ2v) is 2.82. The molecule has 1 aromatic rings. The highest BCUT2D eigenvalue weighted by molar-refractivity contribution is 9.10. The Morgan fingerprint density at radius 2 is 2.27 bits per heavy atom. The van der Waals surface area contributed by atoms with Crippen molar-refractivity contribution in [2.75, 3.05) is 5.43 Å². The number of nitrogen functional groups attached to an aromatic ring is 1. The summed E-state index contributed by atoms with van der Waals surface area (Å²) >= 11 is 3.25. The Morgan fingerprint density at radius 3 is 2.73 bits per heavy atom. The van der Waals surface area contributed by atoms with Crippen molar-refractivity contribution in [2.24, 2.45) is 5.84 Å². The van der Waals surface area contributed by atoms with Crippen molar-refractivity contribution in [1.29, 1.82) is 0 Å². The van der Waals surface area contributed by atoms with Gasteiger partial charge in [0.25, 0.3) is 0 Å². The topological polar surface area (TPSA) is 55.1 Å². The lowest BCUT2D eigenvalue weighted by atomic mass is 10.2. The maximum atomic E-state index is 10.4. The number of aldehydes is 1. The van der Waals surface area contributed by atoms with Crippen LogP contribution in [0.4, 0.5) is 5.69 Å². The van der Waals surface area contributed by atoms with Crippen molar-refractivity contribution < 1.29 is 4.79 Å². The van der Waals surface area contributed by atoms with Crippen LogP contribution in [0.15, 0.2) is 22.7 Å². The van der Waals surface area contributed by atoms with Gasteiger partial charge in [-0.2, -0.15) is 0 Å². The van der Waals surface area contributed by atoms with Gasteiger partial charge in [-0.3, -0.25) is 10.6 Å². The molecule has 0 aliphatic carbocycles. The lowest BCUT2D eigenvalue weighted by molar-refractivity contribution is 0.112. The van der Waals surface area contributed by atoms with Gasteiger partial charge in [-0.25, -0.2) is 0 Å². The van der Waals surface area contributed by atoms with Gasteiger partial charge in [0.1, 0.15) is 0 Å². The SMILES string of the molecule is NNc1c(Br)cccc1C=O. The molecule has 0 fully saturated rings. The van der Waals surface area contributed by atoms with E-state index in [0.717, 1.165) is 10.8 Å². The van der Waals surface area contributed by atoms with Crippen LogP contribution in [0.2, 0.25) is 0 Å². The summed E-state index contributed by atoms with van der Waals surface area (Å²) in [7, 11) is 0. The monoisotopic (exact) mass is 214 g/mol. The van der Waals surface area contributed by atoms with Crippen LogP contribution in [-0.4, -0.2) is 6.29 Å². The fourth-order valence-corrected chi connectivity index (χ4v) is 1.29. The number of carbonyl (C=O) groups excluding carboxylic acids is 1. The van der Waals surface area contributed by atoms with Crippen molar-refractivity contribution in [3.8, 4) is 0 Å². The Morgan fingerprint density at radius 1 is 1.55 bits per heavy atom. The van der Waals surface area contributed by atoms with Crippen LogP contribution in [-0.2, 0) is 0 Å². The third kappa shape index (κ3) is 1.58. The van der Waals surface area contributed by atoms with Crippen LogP contribution in [0, 0.1) is 0 Å². The number of benzene rings is 1. The Hall–Kier alpha value is -0.870. The normalized spacial score (nSPS) is 9.27. The van der Waals surface area contributed by atoms with Crippen molar-refractivity contribution in [2.45, 2.75) is 0 Å². The lowest BCUT2D eigenvalue weighted by Gasteiger charge is -2.04. The van der Waals surface area contributed by atoms with E-state index in [-0.39, 0.29) is 0 Å². The van der Waals surface area contributed by atoms with Gasteiger partial charge in [-0.1, -0.05) is 6.07 Å². The number of carbonyl (C=O) groups is 1. The molecular weight excluding hydrogens is 208 g/mol. The Kier molecular flexibility index (Phi) is 2.62. The second kappa shape index (κ2) is 3.50. The quantitative estimate of drug-likeness (QED) is 0.447. The number of nitrogens with one attached hydrogen (secondary N) is 1. The van der Waals surface area contributed by atoms with E-state index in [4.69, 9.17) is 5.84 Å². The number of para-hydroxylation sites is 1. The highest BCUT2D eigenvalue weighted by atomic mass is 79.9. The number of hydrazine groups is 1. The van der Waals surface area contributed by atoms with Gasteiger partial charge in [0, 0.05) is 10.0 Å². The molecule has 4 heteroatoms. The summed E-state index contributed by atoms with van der Waals surface area (Å²) in [6.07, 6.45) is 0.750. The van der Waals surface area contributed by atoms with Gasteiger partial charge in [0.2, 0.25) is 0 Å². The first kappa shape index (κ1) is 8.23. The molecule has 0 saturated heterocycles. The van der Waals surface area contributed by atoms with E-state index in [1.807, 2.05) is 6.07 Å². The van der Waals surface area contributed by atoms with Gasteiger partial charge >= 0.3 is 0 Å². The molecule has 58 valence electrons. The van der Waals surface area contributed by atoms with E-state index in [9.17, 15) is 4.79 Å². The highest BCUT2D eigenvalue weighted by Gasteiger charge is 2.02. The first-order valence-corrected chi connectivity index (χ1v) is 3.79. The maximum absolute atomic E-state index is 10.4. The first-order valence-electron chi connectivity index (χ1n) is 3.00. The molecule has 11 heavy (non-hydrogen) atoms. The van der Waals surface area contributed by atoms with E-state index >= 15 is 0 Å². The second-order valence-electron chi connectivity index (χ2n) is 1.97. The van der Waals surface area contributed by atoms with Crippen molar-refractivity contribution in [1.82, 2.24) is 0 Å². The minimum atomic E-state index is 0.543. The van der Waals surface area contributed by atoms with E-state index in [1.165, 1.54) is 0 Å². The van der Waals surface area contributed by atoms with E-state index < -0.39 is 0 Å². The number of hydrogen-bond acceptors (Lipinski definition) is 3. The number of nitrogens with two attached hydrogens (primary N) is 1. The van der Waals surface area contributed by atoms with Crippen molar-refractivity contribution in [3.05, 3.63) is 28.2 Å². The van der Waals surface area contributed by atoms with Crippen LogP contribution >= 0.6 is 15.9 Å². The highest BCUT2D eigenvalue weighted by Crippen LogP contribution is 2.23. The first-order chi connectivity index (χ1) is 5.29. The average Bonchev–Trinajstić information content (AvgIpc) is 2.04. The third-order valence-corrected chi connectivity index (χ3v) is 1.98. The fraction of sp³-hybridized carbons (Fsp3) is 0. The van der Waals surface area contributed by atoms with Crippen molar-refractivity contribution in [3.63, 3.8) is 0 Å². The summed E-state index contributed by atoms with van der Waals surface area (Å²) in [6, 6.07) is 5.27. The zero-order valence-electron chi connectivity index (χ0n) is 5.67. The number of halogens is 1. The van der Waals surface area contributed by atoms with Gasteiger partial charge in [-0.15, -0.1) is 0 Å². The van der Waals surface area contributed by atoms with Crippen LogP contribution < -0.4 is 11.3 Å². The number of rotatable bonds is 2. The van der Waals surface area contributed by atoms with Gasteiger partial charge in [0.05, 0.1) is 5.69 Å². The van der Waals surface area contributed by atoms with Gasteiger partial charge < -0.3 is 5.43 Å². The molecule has 0 aromatic heterocycles.